The molecule has 1 atom stereocenters. The third-order valence-corrected chi connectivity index (χ3v) is 2.42. The van der Waals surface area contributed by atoms with E-state index in [4.69, 9.17) is 9.47 Å². The summed E-state index contributed by atoms with van der Waals surface area (Å²) < 4.78 is 11.0. The first-order valence-electron chi connectivity index (χ1n) is 6.03. The summed E-state index contributed by atoms with van der Waals surface area (Å²) in [7, 11) is 0. The van der Waals surface area contributed by atoms with Crippen molar-refractivity contribution in [2.45, 2.75) is 26.3 Å². The van der Waals surface area contributed by atoms with Crippen molar-refractivity contribution in [1.82, 2.24) is 0 Å². The number of carboxylic acid groups (broad SMARTS) is 1. The lowest BCUT2D eigenvalue weighted by Gasteiger charge is -2.15. The molecular formula is C13H19NO4. The maximum atomic E-state index is 10.8. The topological polar surface area (TPSA) is 86.2 Å². The van der Waals surface area contributed by atoms with Crippen molar-refractivity contribution in [1.29, 1.82) is 0 Å². The van der Waals surface area contributed by atoms with Gasteiger partial charge in [0.1, 0.15) is 5.97 Å². The van der Waals surface area contributed by atoms with Gasteiger partial charge < -0.3 is 25.1 Å². The lowest BCUT2D eigenvalue weighted by Crippen LogP contribution is -2.61. The van der Waals surface area contributed by atoms with Gasteiger partial charge in [-0.2, -0.15) is 0 Å². The zero-order valence-corrected chi connectivity index (χ0v) is 10.8. The van der Waals surface area contributed by atoms with Gasteiger partial charge in [-0.05, 0) is 31.5 Å². The number of carboxylic acids is 1. The van der Waals surface area contributed by atoms with Crippen molar-refractivity contribution < 1.29 is 25.1 Å². The molecule has 0 amide bonds. The second-order valence-corrected chi connectivity index (χ2v) is 3.86. The maximum absolute atomic E-state index is 10.8. The number of quaternary nitrogens is 1. The molecule has 0 unspecified atom stereocenters. The van der Waals surface area contributed by atoms with E-state index in [2.05, 4.69) is 5.73 Å². The van der Waals surface area contributed by atoms with Gasteiger partial charge in [-0.15, -0.1) is 0 Å². The SMILES string of the molecule is CCCOc1ccc([C@H]([NH3+])C(=O)[O-])cc1OCC. The number of ether oxygens (including phenoxy) is 2. The van der Waals surface area contributed by atoms with Crippen LogP contribution in [-0.2, 0) is 4.79 Å². The van der Waals surface area contributed by atoms with E-state index in [-0.39, 0.29) is 0 Å². The molecule has 0 bridgehead atoms. The molecule has 0 radical (unpaired) electrons. The summed E-state index contributed by atoms with van der Waals surface area (Å²) in [5, 5.41) is 10.8. The van der Waals surface area contributed by atoms with E-state index >= 15 is 0 Å². The Hall–Kier alpha value is -1.75. The van der Waals surface area contributed by atoms with E-state index in [9.17, 15) is 9.90 Å². The Morgan fingerprint density at radius 2 is 2.06 bits per heavy atom. The van der Waals surface area contributed by atoms with Crippen LogP contribution >= 0.6 is 0 Å². The van der Waals surface area contributed by atoms with Gasteiger partial charge in [-0.3, -0.25) is 0 Å². The number of aliphatic carboxylic acids is 1. The van der Waals surface area contributed by atoms with Crippen LogP contribution in [0.5, 0.6) is 11.5 Å². The van der Waals surface area contributed by atoms with Crippen molar-refractivity contribution in [3.05, 3.63) is 23.8 Å². The summed E-state index contributed by atoms with van der Waals surface area (Å²) >= 11 is 0. The van der Waals surface area contributed by atoms with Crippen LogP contribution in [0.1, 0.15) is 31.9 Å². The van der Waals surface area contributed by atoms with Crippen LogP contribution in [0.2, 0.25) is 0 Å². The Morgan fingerprint density at radius 1 is 1.33 bits per heavy atom. The molecule has 1 rings (SSSR count). The van der Waals surface area contributed by atoms with Gasteiger partial charge in [0.25, 0.3) is 0 Å². The lowest BCUT2D eigenvalue weighted by molar-refractivity contribution is -0.443. The molecule has 0 saturated heterocycles. The summed E-state index contributed by atoms with van der Waals surface area (Å²) in [6.07, 6.45) is 0.893. The highest BCUT2D eigenvalue weighted by atomic mass is 16.5. The molecular weight excluding hydrogens is 234 g/mol. The summed E-state index contributed by atoms with van der Waals surface area (Å²) in [6.45, 7) is 4.94. The highest BCUT2D eigenvalue weighted by Crippen LogP contribution is 2.30. The second-order valence-electron chi connectivity index (χ2n) is 3.86. The minimum Gasteiger partial charge on any atom is -0.544 e. The minimum atomic E-state index is -1.21. The Labute approximate surface area is 107 Å². The zero-order chi connectivity index (χ0) is 13.5. The molecule has 5 heteroatoms. The van der Waals surface area contributed by atoms with Crippen LogP contribution < -0.4 is 20.3 Å². The number of rotatable bonds is 7. The molecule has 0 aliphatic rings. The monoisotopic (exact) mass is 253 g/mol. The number of benzene rings is 1. The van der Waals surface area contributed by atoms with Crippen LogP contribution in [0.25, 0.3) is 0 Å². The zero-order valence-electron chi connectivity index (χ0n) is 10.8. The molecule has 100 valence electrons. The summed E-state index contributed by atoms with van der Waals surface area (Å²) in [4.78, 5) is 10.8. The molecule has 0 heterocycles. The third-order valence-electron chi connectivity index (χ3n) is 2.42. The first-order valence-corrected chi connectivity index (χ1v) is 6.03. The van der Waals surface area contributed by atoms with Crippen molar-refractivity contribution >= 4 is 5.97 Å². The van der Waals surface area contributed by atoms with Crippen molar-refractivity contribution in [2.75, 3.05) is 13.2 Å². The smallest absolute Gasteiger partial charge is 0.161 e. The Kier molecular flexibility index (Phi) is 5.45. The van der Waals surface area contributed by atoms with E-state index in [0.717, 1.165) is 6.42 Å². The average molecular weight is 253 g/mol. The molecule has 1 aromatic rings. The van der Waals surface area contributed by atoms with Gasteiger partial charge >= 0.3 is 0 Å². The van der Waals surface area contributed by atoms with E-state index in [1.807, 2.05) is 13.8 Å². The van der Waals surface area contributed by atoms with Crippen LogP contribution in [0.15, 0.2) is 18.2 Å². The molecule has 0 saturated carbocycles. The molecule has 0 aromatic heterocycles. The second kappa shape index (κ2) is 6.86. The minimum absolute atomic E-state index is 0.485. The summed E-state index contributed by atoms with van der Waals surface area (Å²) in [5.74, 6) is -0.0500. The summed E-state index contributed by atoms with van der Waals surface area (Å²) in [5.41, 5.74) is 4.09. The fraction of sp³-hybridized carbons (Fsp3) is 0.462. The first-order chi connectivity index (χ1) is 8.60. The first kappa shape index (κ1) is 14.3. The molecule has 0 aliphatic heterocycles. The van der Waals surface area contributed by atoms with Crippen molar-refractivity contribution in [3.8, 4) is 11.5 Å². The number of carbonyl (C=O) groups excluding carboxylic acids is 1. The molecule has 5 nitrogen and oxygen atoms in total. The fourth-order valence-electron chi connectivity index (χ4n) is 1.48. The normalized spacial score (nSPS) is 11.9. The van der Waals surface area contributed by atoms with E-state index in [1.165, 1.54) is 0 Å². The maximum Gasteiger partial charge on any atom is 0.161 e. The van der Waals surface area contributed by atoms with Gasteiger partial charge in [0.2, 0.25) is 0 Å². The third kappa shape index (κ3) is 3.63. The Balaban J connectivity index is 2.98. The Bertz CT molecular complexity index is 406. The highest BCUT2D eigenvalue weighted by molar-refractivity contribution is 5.72. The predicted octanol–water partition coefficient (Wildman–Crippen LogP) is -0.0930. The van der Waals surface area contributed by atoms with Crippen molar-refractivity contribution in [2.24, 2.45) is 0 Å². The quantitative estimate of drug-likeness (QED) is 0.735. The number of hydrogen-bond acceptors (Lipinski definition) is 4. The predicted molar refractivity (Wildman–Crippen MR) is 64.0 cm³/mol. The van der Waals surface area contributed by atoms with Crippen LogP contribution in [0.3, 0.4) is 0 Å². The van der Waals surface area contributed by atoms with Crippen LogP contribution in [-0.4, -0.2) is 19.2 Å². The van der Waals surface area contributed by atoms with E-state index in [0.29, 0.717) is 30.3 Å². The molecule has 0 fully saturated rings. The van der Waals surface area contributed by atoms with Gasteiger partial charge in [0.05, 0.1) is 13.2 Å². The Morgan fingerprint density at radius 3 is 2.61 bits per heavy atom. The van der Waals surface area contributed by atoms with E-state index in [1.54, 1.807) is 18.2 Å². The highest BCUT2D eigenvalue weighted by Gasteiger charge is 2.14. The largest absolute Gasteiger partial charge is 0.544 e. The van der Waals surface area contributed by atoms with Gasteiger partial charge in [0.15, 0.2) is 17.5 Å². The van der Waals surface area contributed by atoms with Gasteiger partial charge in [-0.1, -0.05) is 6.92 Å². The van der Waals surface area contributed by atoms with Crippen LogP contribution in [0.4, 0.5) is 0 Å². The fourth-order valence-corrected chi connectivity index (χ4v) is 1.48. The molecule has 0 aliphatic carbocycles. The van der Waals surface area contributed by atoms with Gasteiger partial charge in [0, 0.05) is 5.56 Å². The van der Waals surface area contributed by atoms with Gasteiger partial charge in [-0.25, -0.2) is 0 Å². The lowest BCUT2D eigenvalue weighted by atomic mass is 10.1. The van der Waals surface area contributed by atoms with E-state index < -0.39 is 12.0 Å². The average Bonchev–Trinajstić information content (AvgIpc) is 2.36. The molecule has 0 spiro atoms. The van der Waals surface area contributed by atoms with Crippen molar-refractivity contribution in [3.63, 3.8) is 0 Å². The standard InChI is InChI=1S/C13H19NO4/c1-3-7-18-10-6-5-9(12(14)13(15)16)8-11(10)17-4-2/h5-6,8,12H,3-4,7,14H2,1-2H3,(H,15,16)/t12-/m0/s1. The molecule has 3 N–H and O–H groups in total. The molecule has 18 heavy (non-hydrogen) atoms. The number of carbonyl (C=O) groups is 1. The summed E-state index contributed by atoms with van der Waals surface area (Å²) in [6, 6.07) is 4.10. The number of hydrogen-bond donors (Lipinski definition) is 1. The van der Waals surface area contributed by atoms with Crippen LogP contribution in [0, 0.1) is 0 Å². The molecule has 1 aromatic carbocycles.